The van der Waals surface area contributed by atoms with Gasteiger partial charge in [0.15, 0.2) is 0 Å². The Morgan fingerprint density at radius 1 is 1.42 bits per heavy atom. The first-order valence-electron chi connectivity index (χ1n) is 3.49. The highest BCUT2D eigenvalue weighted by Crippen LogP contribution is 2.00. The molecule has 0 rings (SSSR count). The number of hydrogen-bond donors (Lipinski definition) is 1. The van der Waals surface area contributed by atoms with Gasteiger partial charge in [0.2, 0.25) is 0 Å². The number of allylic oxidation sites excluding steroid dienone is 3. The first-order valence-corrected chi connectivity index (χ1v) is 3.49. The van der Waals surface area contributed by atoms with E-state index in [4.69, 9.17) is 5.73 Å². The predicted octanol–water partition coefficient (Wildman–Crippen LogP) is 1.65. The molecule has 3 heteroatoms. The lowest BCUT2D eigenvalue weighted by atomic mass is 10.3. The average Bonchev–Trinajstić information content (AvgIpc) is 2.04. The topological polar surface area (TPSA) is 50.7 Å². The third kappa shape index (κ3) is 3.51. The van der Waals surface area contributed by atoms with E-state index < -0.39 is 0 Å². The van der Waals surface area contributed by atoms with Crippen molar-refractivity contribution in [3.63, 3.8) is 0 Å². The van der Waals surface area contributed by atoms with Crippen LogP contribution in [0.15, 0.2) is 47.2 Å². The van der Waals surface area contributed by atoms with Crippen molar-refractivity contribution in [1.82, 2.24) is 0 Å². The van der Waals surface area contributed by atoms with Gasteiger partial charge in [0.05, 0.1) is 17.7 Å². The van der Waals surface area contributed by atoms with E-state index in [1.54, 1.807) is 12.2 Å². The van der Waals surface area contributed by atoms with Crippen molar-refractivity contribution in [2.45, 2.75) is 6.92 Å². The molecule has 0 heterocycles. The van der Waals surface area contributed by atoms with E-state index in [0.29, 0.717) is 5.70 Å². The third-order valence-electron chi connectivity index (χ3n) is 1.14. The van der Waals surface area contributed by atoms with Crippen LogP contribution in [0, 0.1) is 0 Å². The summed E-state index contributed by atoms with van der Waals surface area (Å²) in [5.74, 6) is 0. The Hall–Kier alpha value is -1.64. The molecule has 0 saturated heterocycles. The van der Waals surface area contributed by atoms with Crippen LogP contribution >= 0.6 is 0 Å². The van der Waals surface area contributed by atoms with Crippen LogP contribution in [0.3, 0.4) is 0 Å². The van der Waals surface area contributed by atoms with Gasteiger partial charge < -0.3 is 5.73 Å². The van der Waals surface area contributed by atoms with Crippen molar-refractivity contribution in [3.05, 3.63) is 37.2 Å². The lowest BCUT2D eigenvalue weighted by Gasteiger charge is -1.96. The molecule has 64 valence electrons. The second kappa shape index (κ2) is 6.09. The molecule has 0 spiro atoms. The van der Waals surface area contributed by atoms with Crippen LogP contribution in [0.2, 0.25) is 0 Å². The van der Waals surface area contributed by atoms with Crippen molar-refractivity contribution in [2.24, 2.45) is 15.7 Å². The molecule has 0 aliphatic heterocycles. The molecule has 0 aliphatic rings. The quantitative estimate of drug-likeness (QED) is 0.382. The van der Waals surface area contributed by atoms with E-state index in [1.165, 1.54) is 12.5 Å². The number of nitrogens with two attached hydrogens (primary N) is 1. The fraction of sp³-hybridized carbons (Fsp3) is 0.111. The fourth-order valence-corrected chi connectivity index (χ4v) is 0.652. The summed E-state index contributed by atoms with van der Waals surface area (Å²) >= 11 is 0. The molecule has 0 aliphatic carbocycles. The highest BCUT2D eigenvalue weighted by atomic mass is 14.8. The van der Waals surface area contributed by atoms with Gasteiger partial charge in [-0.15, -0.1) is 0 Å². The minimum absolute atomic E-state index is 0.687. The molecule has 0 aromatic rings. The van der Waals surface area contributed by atoms with Crippen molar-refractivity contribution >= 4 is 12.1 Å². The van der Waals surface area contributed by atoms with Crippen molar-refractivity contribution < 1.29 is 0 Å². The molecular formula is C9H13N3. The first kappa shape index (κ1) is 10.4. The van der Waals surface area contributed by atoms with E-state index in [1.807, 2.05) is 6.92 Å². The summed E-state index contributed by atoms with van der Waals surface area (Å²) in [5, 5.41) is 0. The molecule has 2 N–H and O–H groups in total. The smallest absolute Gasteiger partial charge is 0.0861 e. The van der Waals surface area contributed by atoms with Gasteiger partial charge in [0.25, 0.3) is 0 Å². The summed E-state index contributed by atoms with van der Waals surface area (Å²) in [7, 11) is 0. The van der Waals surface area contributed by atoms with Gasteiger partial charge in [-0.2, -0.15) is 0 Å². The van der Waals surface area contributed by atoms with Gasteiger partial charge in [0.1, 0.15) is 0 Å². The molecule has 0 atom stereocenters. The number of rotatable bonds is 4. The molecule has 0 unspecified atom stereocenters. The minimum Gasteiger partial charge on any atom is -0.390 e. The Morgan fingerprint density at radius 3 is 2.50 bits per heavy atom. The Balaban J connectivity index is 4.73. The van der Waals surface area contributed by atoms with Gasteiger partial charge in [0, 0.05) is 6.20 Å². The molecule has 12 heavy (non-hydrogen) atoms. The Kier molecular flexibility index (Phi) is 5.26. The van der Waals surface area contributed by atoms with E-state index in [0.717, 1.165) is 5.71 Å². The van der Waals surface area contributed by atoms with Crippen LogP contribution in [-0.2, 0) is 0 Å². The molecule has 0 aromatic heterocycles. The highest BCUT2D eigenvalue weighted by Gasteiger charge is 1.94. The predicted molar refractivity (Wildman–Crippen MR) is 54.3 cm³/mol. The average molecular weight is 163 g/mol. The zero-order chi connectivity index (χ0) is 9.40. The van der Waals surface area contributed by atoms with Gasteiger partial charge in [-0.1, -0.05) is 19.2 Å². The molecule has 0 fully saturated rings. The molecular weight excluding hydrogens is 150 g/mol. The minimum atomic E-state index is 0.687. The number of aliphatic imine (C=N–C) groups is 2. The first-order chi connectivity index (χ1) is 5.76. The SMILES string of the molecule is C=C/C=C(/N=CN)C(C)=NC=C. The lowest BCUT2D eigenvalue weighted by Crippen LogP contribution is -1.97. The van der Waals surface area contributed by atoms with Crippen LogP contribution < -0.4 is 5.73 Å². The summed E-state index contributed by atoms with van der Waals surface area (Å²) in [5.41, 5.74) is 6.59. The van der Waals surface area contributed by atoms with E-state index in [9.17, 15) is 0 Å². The van der Waals surface area contributed by atoms with Gasteiger partial charge >= 0.3 is 0 Å². The van der Waals surface area contributed by atoms with Crippen molar-refractivity contribution in [2.75, 3.05) is 0 Å². The zero-order valence-electron chi connectivity index (χ0n) is 7.20. The van der Waals surface area contributed by atoms with Crippen LogP contribution in [-0.4, -0.2) is 12.1 Å². The molecule has 0 bridgehead atoms. The summed E-state index contributed by atoms with van der Waals surface area (Å²) in [6.07, 6.45) is 6.03. The van der Waals surface area contributed by atoms with Crippen molar-refractivity contribution in [1.29, 1.82) is 0 Å². The van der Waals surface area contributed by atoms with Gasteiger partial charge in [-0.05, 0) is 13.0 Å². The number of nitrogens with zero attached hydrogens (tertiary/aromatic N) is 2. The van der Waals surface area contributed by atoms with Crippen LogP contribution in [0.25, 0.3) is 0 Å². The normalized spacial score (nSPS) is 13.4. The van der Waals surface area contributed by atoms with E-state index >= 15 is 0 Å². The summed E-state index contributed by atoms with van der Waals surface area (Å²) in [4.78, 5) is 7.85. The maximum Gasteiger partial charge on any atom is 0.0861 e. The second-order valence-corrected chi connectivity index (χ2v) is 1.96. The van der Waals surface area contributed by atoms with E-state index in [-0.39, 0.29) is 0 Å². The monoisotopic (exact) mass is 163 g/mol. The molecule has 0 radical (unpaired) electrons. The molecule has 0 amide bonds. The Morgan fingerprint density at radius 2 is 2.08 bits per heavy atom. The highest BCUT2D eigenvalue weighted by molar-refractivity contribution is 5.99. The summed E-state index contributed by atoms with van der Waals surface area (Å²) < 4.78 is 0. The second-order valence-electron chi connectivity index (χ2n) is 1.96. The maximum atomic E-state index is 5.15. The lowest BCUT2D eigenvalue weighted by molar-refractivity contribution is 1.40. The Bertz CT molecular complexity index is 246. The largest absolute Gasteiger partial charge is 0.390 e. The standard InChI is InChI=1S/C9H13N3/c1-4-6-9(12-7-10)8(3)11-5-2/h4-7H,1-2H2,3H3,(H2,10,12)/b9-6+,11-8?. The summed E-state index contributed by atoms with van der Waals surface area (Å²) in [6.45, 7) is 8.86. The molecule has 3 nitrogen and oxygen atoms in total. The molecule has 0 saturated carbocycles. The van der Waals surface area contributed by atoms with E-state index in [2.05, 4.69) is 23.1 Å². The summed E-state index contributed by atoms with van der Waals surface area (Å²) in [6, 6.07) is 0. The zero-order valence-corrected chi connectivity index (χ0v) is 7.20. The third-order valence-corrected chi connectivity index (χ3v) is 1.14. The number of hydrogen-bond acceptors (Lipinski definition) is 2. The Labute approximate surface area is 72.7 Å². The van der Waals surface area contributed by atoms with Crippen LogP contribution in [0.4, 0.5) is 0 Å². The van der Waals surface area contributed by atoms with Gasteiger partial charge in [-0.3, -0.25) is 4.99 Å². The maximum absolute atomic E-state index is 5.15. The van der Waals surface area contributed by atoms with Gasteiger partial charge in [-0.25, -0.2) is 4.99 Å². The molecule has 0 aromatic carbocycles. The fourth-order valence-electron chi connectivity index (χ4n) is 0.652. The van der Waals surface area contributed by atoms with Crippen LogP contribution in [0.5, 0.6) is 0 Å². The van der Waals surface area contributed by atoms with Crippen molar-refractivity contribution in [3.8, 4) is 0 Å². The van der Waals surface area contributed by atoms with Crippen LogP contribution in [0.1, 0.15) is 6.92 Å².